The van der Waals surface area contributed by atoms with Gasteiger partial charge in [-0.05, 0) is 29.9 Å². The maximum absolute atomic E-state index is 3.49. The van der Waals surface area contributed by atoms with Crippen LogP contribution in [0.3, 0.4) is 0 Å². The zero-order valence-electron chi connectivity index (χ0n) is 9.59. The smallest absolute Gasteiger partial charge is 0.0314 e. The molecule has 0 saturated heterocycles. The summed E-state index contributed by atoms with van der Waals surface area (Å²) in [6.45, 7) is 11.6. The normalized spacial score (nSPS) is 29.1. The van der Waals surface area contributed by atoms with Crippen LogP contribution in [-0.2, 0) is 0 Å². The van der Waals surface area contributed by atoms with E-state index in [1.165, 1.54) is 6.42 Å². The Morgan fingerprint density at radius 2 is 1.92 bits per heavy atom. The van der Waals surface area contributed by atoms with Gasteiger partial charge in [0.05, 0.1) is 0 Å². The van der Waals surface area contributed by atoms with Crippen LogP contribution < -0.4 is 5.32 Å². The Kier molecular flexibility index (Phi) is 3.05. The summed E-state index contributed by atoms with van der Waals surface area (Å²) in [6, 6.07) is 0.644. The number of allylic oxidation sites excluding steroid dienone is 1. The molecule has 2 atom stereocenters. The van der Waals surface area contributed by atoms with Crippen molar-refractivity contribution in [1.29, 1.82) is 0 Å². The molecule has 0 fully saturated rings. The Balaban J connectivity index is 2.75. The lowest BCUT2D eigenvalue weighted by Crippen LogP contribution is -2.45. The van der Waals surface area contributed by atoms with Gasteiger partial charge in [0, 0.05) is 6.04 Å². The molecule has 2 unspecified atom stereocenters. The van der Waals surface area contributed by atoms with Gasteiger partial charge in [0.15, 0.2) is 0 Å². The molecule has 0 spiro atoms. The summed E-state index contributed by atoms with van der Waals surface area (Å²) in [5.74, 6) is 1.48. The van der Waals surface area contributed by atoms with Crippen LogP contribution >= 0.6 is 0 Å². The second-order valence-corrected chi connectivity index (χ2v) is 5.55. The minimum absolute atomic E-state index is 0.409. The second kappa shape index (κ2) is 3.73. The molecule has 0 aromatic rings. The van der Waals surface area contributed by atoms with Crippen molar-refractivity contribution in [2.75, 3.05) is 0 Å². The third kappa shape index (κ3) is 2.49. The third-order valence-electron chi connectivity index (χ3n) is 3.06. The van der Waals surface area contributed by atoms with Gasteiger partial charge in [0.25, 0.3) is 0 Å². The van der Waals surface area contributed by atoms with E-state index in [4.69, 9.17) is 0 Å². The van der Waals surface area contributed by atoms with E-state index < -0.39 is 0 Å². The van der Waals surface area contributed by atoms with Gasteiger partial charge in [-0.3, -0.25) is 0 Å². The van der Waals surface area contributed by atoms with Crippen LogP contribution in [-0.4, -0.2) is 6.04 Å². The molecule has 1 aliphatic rings. The second-order valence-electron chi connectivity index (χ2n) is 5.55. The first-order valence-electron chi connectivity index (χ1n) is 5.34. The van der Waals surface area contributed by atoms with Gasteiger partial charge in [0.1, 0.15) is 0 Å². The fourth-order valence-corrected chi connectivity index (χ4v) is 2.21. The quantitative estimate of drug-likeness (QED) is 0.655. The van der Waals surface area contributed by atoms with Crippen LogP contribution in [0.25, 0.3) is 0 Å². The van der Waals surface area contributed by atoms with E-state index in [1.54, 1.807) is 0 Å². The van der Waals surface area contributed by atoms with Crippen LogP contribution in [0, 0.1) is 17.3 Å². The van der Waals surface area contributed by atoms with Crippen LogP contribution in [0.15, 0.2) is 12.3 Å². The lowest BCUT2D eigenvalue weighted by atomic mass is 9.70. The highest BCUT2D eigenvalue weighted by Crippen LogP contribution is 2.35. The fourth-order valence-electron chi connectivity index (χ4n) is 2.21. The van der Waals surface area contributed by atoms with E-state index >= 15 is 0 Å². The Hall–Kier alpha value is -0.460. The monoisotopic (exact) mass is 181 g/mol. The molecule has 0 saturated carbocycles. The molecule has 0 bridgehead atoms. The Labute approximate surface area is 82.6 Å². The molecule has 1 aliphatic heterocycles. The summed E-state index contributed by atoms with van der Waals surface area (Å²) < 4.78 is 0. The first kappa shape index (κ1) is 10.6. The van der Waals surface area contributed by atoms with Gasteiger partial charge in [-0.15, -0.1) is 0 Å². The van der Waals surface area contributed by atoms with Gasteiger partial charge < -0.3 is 5.32 Å². The standard InChI is InChI=1S/C12H23N/c1-9(2)11-10(12(3,4)5)7-6-8-13-11/h6,8-11,13H,7H2,1-5H3. The minimum Gasteiger partial charge on any atom is -0.388 e. The Morgan fingerprint density at radius 1 is 1.31 bits per heavy atom. The molecule has 1 nitrogen and oxygen atoms in total. The molecule has 0 amide bonds. The van der Waals surface area contributed by atoms with Gasteiger partial charge in [-0.2, -0.15) is 0 Å². The number of rotatable bonds is 1. The van der Waals surface area contributed by atoms with Crippen molar-refractivity contribution in [2.45, 2.75) is 47.1 Å². The first-order valence-corrected chi connectivity index (χ1v) is 5.34. The Bertz CT molecular complexity index is 186. The SMILES string of the molecule is CC(C)C1NC=CCC1C(C)(C)C. The van der Waals surface area contributed by atoms with E-state index in [9.17, 15) is 0 Å². The van der Waals surface area contributed by atoms with Crippen LogP contribution in [0.2, 0.25) is 0 Å². The number of hydrogen-bond acceptors (Lipinski definition) is 1. The van der Waals surface area contributed by atoms with Crippen LogP contribution in [0.5, 0.6) is 0 Å². The average molecular weight is 181 g/mol. The maximum atomic E-state index is 3.49. The summed E-state index contributed by atoms with van der Waals surface area (Å²) in [4.78, 5) is 0. The van der Waals surface area contributed by atoms with Crippen molar-refractivity contribution < 1.29 is 0 Å². The van der Waals surface area contributed by atoms with Crippen molar-refractivity contribution >= 4 is 0 Å². The predicted molar refractivity (Wildman–Crippen MR) is 58.5 cm³/mol. The molecule has 1 N–H and O–H groups in total. The van der Waals surface area contributed by atoms with Gasteiger partial charge in [-0.25, -0.2) is 0 Å². The molecule has 1 heterocycles. The fraction of sp³-hybridized carbons (Fsp3) is 0.833. The number of nitrogens with one attached hydrogen (secondary N) is 1. The molecule has 0 aliphatic carbocycles. The minimum atomic E-state index is 0.409. The Morgan fingerprint density at radius 3 is 2.31 bits per heavy atom. The lowest BCUT2D eigenvalue weighted by molar-refractivity contribution is 0.152. The zero-order chi connectivity index (χ0) is 10.1. The van der Waals surface area contributed by atoms with Gasteiger partial charge >= 0.3 is 0 Å². The largest absolute Gasteiger partial charge is 0.388 e. The van der Waals surface area contributed by atoms with Gasteiger partial charge in [0.2, 0.25) is 0 Å². The van der Waals surface area contributed by atoms with Gasteiger partial charge in [-0.1, -0.05) is 40.7 Å². The van der Waals surface area contributed by atoms with Crippen molar-refractivity contribution in [1.82, 2.24) is 5.32 Å². The first-order chi connectivity index (χ1) is 5.93. The summed E-state index contributed by atoms with van der Waals surface area (Å²) >= 11 is 0. The molecular formula is C12H23N. The molecule has 0 aromatic heterocycles. The summed E-state index contributed by atoms with van der Waals surface area (Å²) in [7, 11) is 0. The molecule has 76 valence electrons. The van der Waals surface area contributed by atoms with E-state index in [0.29, 0.717) is 17.4 Å². The van der Waals surface area contributed by atoms with Crippen LogP contribution in [0.4, 0.5) is 0 Å². The highest BCUT2D eigenvalue weighted by atomic mass is 14.9. The molecule has 1 rings (SSSR count). The molecule has 13 heavy (non-hydrogen) atoms. The third-order valence-corrected chi connectivity index (χ3v) is 3.06. The highest BCUT2D eigenvalue weighted by molar-refractivity contribution is 5.00. The topological polar surface area (TPSA) is 12.0 Å². The molecule has 0 radical (unpaired) electrons. The summed E-state index contributed by atoms with van der Waals surface area (Å²) in [5, 5.41) is 3.49. The lowest BCUT2D eigenvalue weighted by Gasteiger charge is -2.41. The molecular weight excluding hydrogens is 158 g/mol. The highest BCUT2D eigenvalue weighted by Gasteiger charge is 2.33. The van der Waals surface area contributed by atoms with E-state index in [2.05, 4.69) is 52.2 Å². The maximum Gasteiger partial charge on any atom is 0.0314 e. The van der Waals surface area contributed by atoms with Crippen LogP contribution in [0.1, 0.15) is 41.0 Å². The molecule has 0 aromatic carbocycles. The summed E-state index contributed by atoms with van der Waals surface area (Å²) in [6.07, 6.45) is 5.60. The van der Waals surface area contributed by atoms with E-state index in [0.717, 1.165) is 5.92 Å². The van der Waals surface area contributed by atoms with Crippen molar-refractivity contribution in [2.24, 2.45) is 17.3 Å². The predicted octanol–water partition coefficient (Wildman–Crippen LogP) is 3.18. The number of hydrogen-bond donors (Lipinski definition) is 1. The van der Waals surface area contributed by atoms with Crippen molar-refractivity contribution in [3.63, 3.8) is 0 Å². The van der Waals surface area contributed by atoms with E-state index in [-0.39, 0.29) is 0 Å². The van der Waals surface area contributed by atoms with Crippen molar-refractivity contribution in [3.05, 3.63) is 12.3 Å². The zero-order valence-corrected chi connectivity index (χ0v) is 9.59. The molecule has 1 heteroatoms. The van der Waals surface area contributed by atoms with Crippen molar-refractivity contribution in [3.8, 4) is 0 Å². The average Bonchev–Trinajstić information content (AvgIpc) is 2.03. The van der Waals surface area contributed by atoms with E-state index in [1.807, 2.05) is 0 Å². The summed E-state index contributed by atoms with van der Waals surface area (Å²) in [5.41, 5.74) is 0.409.